The van der Waals surface area contributed by atoms with E-state index in [1.165, 1.54) is 25.7 Å². The molecule has 1 saturated carbocycles. The average Bonchev–Trinajstić information content (AvgIpc) is 2.78. The lowest BCUT2D eigenvalue weighted by Crippen LogP contribution is -2.57. The van der Waals surface area contributed by atoms with Gasteiger partial charge in [0, 0.05) is 12.6 Å². The molecule has 1 amide bonds. The van der Waals surface area contributed by atoms with Gasteiger partial charge in [0.1, 0.15) is 0 Å². The van der Waals surface area contributed by atoms with Crippen molar-refractivity contribution in [3.63, 3.8) is 0 Å². The second-order valence-electron chi connectivity index (χ2n) is 5.77. The van der Waals surface area contributed by atoms with E-state index in [2.05, 4.69) is 19.2 Å². The molecule has 0 aromatic heterocycles. The Balaban J connectivity index is 1.81. The van der Waals surface area contributed by atoms with Crippen LogP contribution in [0.5, 0.6) is 0 Å². The van der Waals surface area contributed by atoms with Gasteiger partial charge in [-0.1, -0.05) is 12.8 Å². The fourth-order valence-electron chi connectivity index (χ4n) is 2.78. The van der Waals surface area contributed by atoms with E-state index in [0.29, 0.717) is 25.8 Å². The number of rotatable bonds is 3. The Kier molecular flexibility index (Phi) is 4.05. The molecule has 2 fully saturated rings. The van der Waals surface area contributed by atoms with Crippen molar-refractivity contribution < 1.29 is 9.53 Å². The lowest BCUT2D eigenvalue weighted by molar-refractivity contribution is -0.145. The van der Waals surface area contributed by atoms with Gasteiger partial charge in [-0.05, 0) is 26.7 Å². The zero-order chi connectivity index (χ0) is 12.3. The van der Waals surface area contributed by atoms with Gasteiger partial charge in [-0.2, -0.15) is 0 Å². The number of morpholine rings is 1. The van der Waals surface area contributed by atoms with Crippen LogP contribution in [0.2, 0.25) is 0 Å². The molecule has 1 aliphatic heterocycles. The molecule has 0 bridgehead atoms. The minimum atomic E-state index is -0.160. The summed E-state index contributed by atoms with van der Waals surface area (Å²) in [7, 11) is 0. The van der Waals surface area contributed by atoms with E-state index >= 15 is 0 Å². The molecule has 2 aliphatic rings. The number of amides is 1. The highest BCUT2D eigenvalue weighted by Gasteiger charge is 2.33. The Morgan fingerprint density at radius 3 is 2.76 bits per heavy atom. The fraction of sp³-hybridized carbons (Fsp3) is 0.923. The molecule has 1 saturated heterocycles. The molecule has 0 aromatic carbocycles. The summed E-state index contributed by atoms with van der Waals surface area (Å²) >= 11 is 0. The van der Waals surface area contributed by atoms with Crippen LogP contribution in [-0.2, 0) is 9.53 Å². The maximum Gasteiger partial charge on any atom is 0.237 e. The first-order chi connectivity index (χ1) is 8.09. The standard InChI is InChI=1S/C13H24N2O2/c1-13(2)10-17-8-7-15(13)12(16)9-14-11-5-3-4-6-11/h11,14H,3-10H2,1-2H3. The average molecular weight is 240 g/mol. The number of carbonyl (C=O) groups excluding carboxylic acids is 1. The normalized spacial score (nSPS) is 25.2. The predicted octanol–water partition coefficient (Wildman–Crippen LogP) is 1.16. The molecule has 17 heavy (non-hydrogen) atoms. The van der Waals surface area contributed by atoms with Gasteiger partial charge >= 0.3 is 0 Å². The Hall–Kier alpha value is -0.610. The molecule has 2 rings (SSSR count). The SMILES string of the molecule is CC1(C)COCCN1C(=O)CNC1CCCC1. The number of ether oxygens (including phenoxy) is 1. The van der Waals surface area contributed by atoms with Crippen molar-refractivity contribution in [2.75, 3.05) is 26.3 Å². The van der Waals surface area contributed by atoms with Crippen LogP contribution in [0.25, 0.3) is 0 Å². The van der Waals surface area contributed by atoms with Gasteiger partial charge in [-0.15, -0.1) is 0 Å². The third-order valence-corrected chi connectivity index (χ3v) is 3.84. The van der Waals surface area contributed by atoms with E-state index in [9.17, 15) is 4.79 Å². The first-order valence-electron chi connectivity index (χ1n) is 6.71. The molecule has 1 N–H and O–H groups in total. The smallest absolute Gasteiger partial charge is 0.237 e. The maximum absolute atomic E-state index is 12.2. The Bertz CT molecular complexity index is 273. The zero-order valence-electron chi connectivity index (χ0n) is 11.0. The van der Waals surface area contributed by atoms with Crippen molar-refractivity contribution in [2.45, 2.75) is 51.1 Å². The highest BCUT2D eigenvalue weighted by atomic mass is 16.5. The molecule has 0 radical (unpaired) electrons. The van der Waals surface area contributed by atoms with Crippen LogP contribution in [-0.4, -0.2) is 48.7 Å². The quantitative estimate of drug-likeness (QED) is 0.805. The molecular weight excluding hydrogens is 216 g/mol. The second-order valence-corrected chi connectivity index (χ2v) is 5.77. The van der Waals surface area contributed by atoms with E-state index in [0.717, 1.165) is 6.54 Å². The van der Waals surface area contributed by atoms with Gasteiger partial charge in [0.2, 0.25) is 5.91 Å². The summed E-state index contributed by atoms with van der Waals surface area (Å²) in [6.07, 6.45) is 5.05. The topological polar surface area (TPSA) is 41.6 Å². The minimum Gasteiger partial charge on any atom is -0.377 e. The third kappa shape index (κ3) is 3.19. The van der Waals surface area contributed by atoms with Crippen molar-refractivity contribution in [2.24, 2.45) is 0 Å². The Morgan fingerprint density at radius 2 is 2.12 bits per heavy atom. The highest BCUT2D eigenvalue weighted by molar-refractivity contribution is 5.79. The Labute approximate surface area is 104 Å². The van der Waals surface area contributed by atoms with Crippen molar-refractivity contribution >= 4 is 5.91 Å². The largest absolute Gasteiger partial charge is 0.377 e. The third-order valence-electron chi connectivity index (χ3n) is 3.84. The molecular formula is C13H24N2O2. The number of nitrogens with zero attached hydrogens (tertiary/aromatic N) is 1. The van der Waals surface area contributed by atoms with E-state index in [-0.39, 0.29) is 11.4 Å². The monoisotopic (exact) mass is 240 g/mol. The Morgan fingerprint density at radius 1 is 1.41 bits per heavy atom. The van der Waals surface area contributed by atoms with E-state index in [4.69, 9.17) is 4.74 Å². The minimum absolute atomic E-state index is 0.160. The number of nitrogens with one attached hydrogen (secondary N) is 1. The lowest BCUT2D eigenvalue weighted by Gasteiger charge is -2.42. The summed E-state index contributed by atoms with van der Waals surface area (Å²) in [6.45, 7) is 6.65. The molecule has 4 heteroatoms. The van der Waals surface area contributed by atoms with Gasteiger partial charge in [-0.3, -0.25) is 4.79 Å². The van der Waals surface area contributed by atoms with Crippen LogP contribution in [0, 0.1) is 0 Å². The summed E-state index contributed by atoms with van der Waals surface area (Å²) in [6, 6.07) is 0.558. The van der Waals surface area contributed by atoms with Crippen molar-refractivity contribution in [1.82, 2.24) is 10.2 Å². The molecule has 4 nitrogen and oxygen atoms in total. The number of hydrogen-bond donors (Lipinski definition) is 1. The van der Waals surface area contributed by atoms with Crippen molar-refractivity contribution in [3.8, 4) is 0 Å². The number of hydrogen-bond acceptors (Lipinski definition) is 3. The van der Waals surface area contributed by atoms with Crippen LogP contribution < -0.4 is 5.32 Å². The summed E-state index contributed by atoms with van der Waals surface area (Å²) in [5.41, 5.74) is -0.160. The molecule has 1 heterocycles. The van der Waals surface area contributed by atoms with Crippen LogP contribution in [0.3, 0.4) is 0 Å². The van der Waals surface area contributed by atoms with E-state index < -0.39 is 0 Å². The van der Waals surface area contributed by atoms with Crippen molar-refractivity contribution in [1.29, 1.82) is 0 Å². The summed E-state index contributed by atoms with van der Waals surface area (Å²) in [5, 5.41) is 3.38. The van der Waals surface area contributed by atoms with Crippen LogP contribution in [0.15, 0.2) is 0 Å². The van der Waals surface area contributed by atoms with Crippen LogP contribution in [0.4, 0.5) is 0 Å². The predicted molar refractivity (Wildman–Crippen MR) is 66.9 cm³/mol. The summed E-state index contributed by atoms with van der Waals surface area (Å²) in [5.74, 6) is 0.213. The molecule has 98 valence electrons. The van der Waals surface area contributed by atoms with Crippen LogP contribution >= 0.6 is 0 Å². The molecule has 0 aromatic rings. The van der Waals surface area contributed by atoms with Gasteiger partial charge in [0.25, 0.3) is 0 Å². The molecule has 1 aliphatic carbocycles. The first-order valence-corrected chi connectivity index (χ1v) is 6.71. The van der Waals surface area contributed by atoms with Gasteiger partial charge in [0.05, 0.1) is 25.3 Å². The van der Waals surface area contributed by atoms with Crippen molar-refractivity contribution in [3.05, 3.63) is 0 Å². The van der Waals surface area contributed by atoms with Crippen LogP contribution in [0.1, 0.15) is 39.5 Å². The number of carbonyl (C=O) groups is 1. The second kappa shape index (κ2) is 5.36. The fourth-order valence-corrected chi connectivity index (χ4v) is 2.78. The lowest BCUT2D eigenvalue weighted by atomic mass is 10.0. The highest BCUT2D eigenvalue weighted by Crippen LogP contribution is 2.20. The van der Waals surface area contributed by atoms with Gasteiger partial charge in [0.15, 0.2) is 0 Å². The summed E-state index contributed by atoms with van der Waals surface area (Å²) < 4.78 is 5.43. The molecule has 0 unspecified atom stereocenters. The van der Waals surface area contributed by atoms with E-state index in [1.54, 1.807) is 0 Å². The zero-order valence-corrected chi connectivity index (χ0v) is 11.0. The summed E-state index contributed by atoms with van der Waals surface area (Å²) in [4.78, 5) is 14.1. The van der Waals surface area contributed by atoms with Gasteiger partial charge < -0.3 is 15.0 Å². The molecule has 0 spiro atoms. The van der Waals surface area contributed by atoms with E-state index in [1.807, 2.05) is 4.90 Å². The first kappa shape index (κ1) is 12.8. The van der Waals surface area contributed by atoms with Gasteiger partial charge in [-0.25, -0.2) is 0 Å². The maximum atomic E-state index is 12.2. The molecule has 0 atom stereocenters.